The number of nitrogens with one attached hydrogen (secondary N) is 1. The van der Waals surface area contributed by atoms with Crippen molar-refractivity contribution in [3.63, 3.8) is 0 Å². The van der Waals surface area contributed by atoms with Crippen LogP contribution >= 0.6 is 0 Å². The number of nitrogens with zero attached hydrogens (tertiary/aromatic N) is 2. The van der Waals surface area contributed by atoms with Gasteiger partial charge in [-0.1, -0.05) is 5.01 Å². The van der Waals surface area contributed by atoms with Crippen LogP contribution in [0.3, 0.4) is 0 Å². The van der Waals surface area contributed by atoms with E-state index in [2.05, 4.69) is 0 Å². The van der Waals surface area contributed by atoms with Crippen LogP contribution in [0.5, 0.6) is 0 Å². The van der Waals surface area contributed by atoms with Crippen molar-refractivity contribution in [1.82, 2.24) is 5.01 Å². The third-order valence-electron chi connectivity index (χ3n) is 1.68. The van der Waals surface area contributed by atoms with E-state index in [1.807, 2.05) is 0 Å². The van der Waals surface area contributed by atoms with Gasteiger partial charge in [0, 0.05) is 6.92 Å². The highest BCUT2D eigenvalue weighted by atomic mass is 16.7. The third-order valence-corrected chi connectivity index (χ3v) is 1.68. The lowest BCUT2D eigenvalue weighted by Crippen LogP contribution is -2.42. The lowest BCUT2D eigenvalue weighted by Gasteiger charge is -2.12. The highest BCUT2D eigenvalue weighted by Crippen LogP contribution is 1.98. The zero-order valence-corrected chi connectivity index (χ0v) is 10.3. The van der Waals surface area contributed by atoms with Crippen molar-refractivity contribution >= 4 is 17.9 Å². The maximum atomic E-state index is 10.3. The normalized spacial score (nSPS) is 10.6. The minimum Gasteiger partial charge on any atom is -0.481 e. The summed E-state index contributed by atoms with van der Waals surface area (Å²) in [6.07, 6.45) is 0.265. The number of carboxylic acid groups (broad SMARTS) is 2. The Balaban J connectivity index is 0. The van der Waals surface area contributed by atoms with Gasteiger partial charge in [-0.15, -0.1) is 0 Å². The lowest BCUT2D eigenvalue weighted by molar-refractivity contribution is -0.629. The van der Waals surface area contributed by atoms with Gasteiger partial charge in [0.1, 0.15) is 6.04 Å². The summed E-state index contributed by atoms with van der Waals surface area (Å²) in [7, 11) is 0. The number of nitro groups is 1. The number of guanidine groups is 1. The molecular weight excluding hydrogens is 262 g/mol. The van der Waals surface area contributed by atoms with Crippen molar-refractivity contribution in [1.29, 1.82) is 5.41 Å². The van der Waals surface area contributed by atoms with E-state index >= 15 is 0 Å². The third kappa shape index (κ3) is 11.8. The van der Waals surface area contributed by atoms with Crippen molar-refractivity contribution in [2.24, 2.45) is 11.5 Å². The van der Waals surface area contributed by atoms with Crippen LogP contribution in [-0.2, 0) is 9.59 Å². The van der Waals surface area contributed by atoms with Crippen molar-refractivity contribution in [3.05, 3.63) is 10.1 Å². The Morgan fingerprint density at radius 3 is 2.16 bits per heavy atom. The fourth-order valence-electron chi connectivity index (χ4n) is 0.875. The van der Waals surface area contributed by atoms with Gasteiger partial charge >= 0.3 is 5.97 Å². The molecule has 0 amide bonds. The Bertz CT molecular complexity index is 329. The molecule has 0 spiro atoms. The molecule has 0 aromatic heterocycles. The first-order valence-corrected chi connectivity index (χ1v) is 5.03. The minimum absolute atomic E-state index is 0.0902. The second-order valence-electron chi connectivity index (χ2n) is 3.35. The molecule has 0 fully saturated rings. The summed E-state index contributed by atoms with van der Waals surface area (Å²) in [4.78, 5) is 29.6. The van der Waals surface area contributed by atoms with Gasteiger partial charge in [0.05, 0.1) is 6.54 Å². The summed E-state index contributed by atoms with van der Waals surface area (Å²) in [6.45, 7) is 0.948. The highest BCUT2D eigenvalue weighted by molar-refractivity contribution is 5.73. The topological polar surface area (TPSA) is 197 Å². The average molecular weight is 279 g/mol. The van der Waals surface area contributed by atoms with Crippen LogP contribution in [0.1, 0.15) is 19.8 Å². The highest BCUT2D eigenvalue weighted by Gasteiger charge is 2.19. The summed E-state index contributed by atoms with van der Waals surface area (Å²) >= 11 is 0. The van der Waals surface area contributed by atoms with Crippen LogP contribution < -0.4 is 11.5 Å². The molecule has 19 heavy (non-hydrogen) atoms. The molecule has 0 bridgehead atoms. The van der Waals surface area contributed by atoms with Crippen LogP contribution in [0.15, 0.2) is 0 Å². The van der Waals surface area contributed by atoms with Crippen molar-refractivity contribution in [2.45, 2.75) is 25.8 Å². The van der Waals surface area contributed by atoms with E-state index in [-0.39, 0.29) is 19.4 Å². The number of hydrogen-bond acceptors (Lipinski definition) is 6. The Kier molecular flexibility index (Phi) is 9.55. The maximum absolute atomic E-state index is 10.3. The number of nitrogens with two attached hydrogens (primary N) is 2. The number of hydrogen-bond donors (Lipinski definition) is 5. The van der Waals surface area contributed by atoms with E-state index in [0.29, 0.717) is 5.01 Å². The lowest BCUT2D eigenvalue weighted by atomic mass is 10.2. The van der Waals surface area contributed by atoms with Gasteiger partial charge < -0.3 is 21.7 Å². The first-order valence-electron chi connectivity index (χ1n) is 5.03. The van der Waals surface area contributed by atoms with Gasteiger partial charge in [-0.25, -0.2) is 10.1 Å². The standard InChI is InChI=1S/C6H13N5O4.C2H4O2/c7-4(5(12)13)2-1-3-10(6(8)9)11(14)15;1-2(3)4/h4H,1-3,7H2,(H3,8,9)(H,12,13);1H3,(H,3,4)/t4-;/m0./s1. The number of carboxylic acids is 2. The van der Waals surface area contributed by atoms with Gasteiger partial charge in [0.15, 0.2) is 5.03 Å². The molecule has 0 radical (unpaired) electrons. The monoisotopic (exact) mass is 279 g/mol. The molecule has 7 N–H and O–H groups in total. The quantitative estimate of drug-likeness (QED) is 0.169. The molecule has 0 aliphatic carbocycles. The summed E-state index contributed by atoms with van der Waals surface area (Å²) in [5.41, 5.74) is 10.1. The fraction of sp³-hybridized carbons (Fsp3) is 0.625. The maximum Gasteiger partial charge on any atom is 0.320 e. The fourth-order valence-corrected chi connectivity index (χ4v) is 0.875. The Labute approximate surface area is 108 Å². The Morgan fingerprint density at radius 2 is 1.89 bits per heavy atom. The van der Waals surface area contributed by atoms with Crippen LogP contribution in [0.2, 0.25) is 0 Å². The first-order chi connectivity index (χ1) is 8.59. The number of carbonyl (C=O) groups is 2. The van der Waals surface area contributed by atoms with Crippen LogP contribution in [0.4, 0.5) is 0 Å². The number of aliphatic carboxylic acids is 2. The van der Waals surface area contributed by atoms with Crippen LogP contribution in [0.25, 0.3) is 0 Å². The zero-order chi connectivity index (χ0) is 15.6. The molecule has 0 unspecified atom stereocenters. The van der Waals surface area contributed by atoms with Gasteiger partial charge in [-0.3, -0.25) is 15.0 Å². The summed E-state index contributed by atoms with van der Waals surface area (Å²) < 4.78 is 0. The molecule has 11 heteroatoms. The van der Waals surface area contributed by atoms with E-state index in [1.165, 1.54) is 0 Å². The second-order valence-corrected chi connectivity index (χ2v) is 3.35. The molecule has 0 aliphatic rings. The summed E-state index contributed by atoms with van der Waals surface area (Å²) in [5, 5.41) is 32.6. The van der Waals surface area contributed by atoms with E-state index < -0.39 is 29.0 Å². The van der Waals surface area contributed by atoms with E-state index in [0.717, 1.165) is 6.92 Å². The molecule has 11 nitrogen and oxygen atoms in total. The Morgan fingerprint density at radius 1 is 1.47 bits per heavy atom. The van der Waals surface area contributed by atoms with Crippen molar-refractivity contribution < 1.29 is 24.8 Å². The van der Waals surface area contributed by atoms with E-state index in [9.17, 15) is 14.9 Å². The van der Waals surface area contributed by atoms with Crippen molar-refractivity contribution in [3.8, 4) is 0 Å². The van der Waals surface area contributed by atoms with Crippen molar-refractivity contribution in [2.75, 3.05) is 6.54 Å². The molecule has 0 aliphatic heterocycles. The van der Waals surface area contributed by atoms with E-state index in [1.54, 1.807) is 0 Å². The number of rotatable bonds is 6. The van der Waals surface area contributed by atoms with Gasteiger partial charge in [-0.05, 0) is 12.8 Å². The minimum atomic E-state index is -1.16. The zero-order valence-electron chi connectivity index (χ0n) is 10.3. The van der Waals surface area contributed by atoms with Crippen LogP contribution in [-0.4, -0.2) is 50.7 Å². The Hall–Kier alpha value is -2.43. The summed E-state index contributed by atoms with van der Waals surface area (Å²) in [6, 6.07) is -1.05. The van der Waals surface area contributed by atoms with E-state index in [4.69, 9.17) is 31.9 Å². The smallest absolute Gasteiger partial charge is 0.320 e. The molecule has 0 aromatic rings. The predicted molar refractivity (Wildman–Crippen MR) is 63.8 cm³/mol. The predicted octanol–water partition coefficient (Wildman–Crippen LogP) is -1.34. The molecule has 0 rings (SSSR count). The molecule has 0 heterocycles. The molecule has 0 saturated carbocycles. The molecular formula is C8H17N5O6. The molecule has 0 aromatic carbocycles. The van der Waals surface area contributed by atoms with Gasteiger partial charge in [0.25, 0.3) is 11.9 Å². The molecule has 110 valence electrons. The molecule has 0 saturated heterocycles. The second kappa shape index (κ2) is 9.58. The summed E-state index contributed by atoms with van der Waals surface area (Å²) in [5.74, 6) is -2.69. The average Bonchev–Trinajstić information content (AvgIpc) is 2.21. The van der Waals surface area contributed by atoms with Gasteiger partial charge in [-0.2, -0.15) is 0 Å². The SMILES string of the molecule is CC(=O)O.N=C(N)N(CCC[C@H](N)C(=O)O)[N+](=O)[O-]. The van der Waals surface area contributed by atoms with Gasteiger partial charge in [0.2, 0.25) is 0 Å². The largest absolute Gasteiger partial charge is 0.481 e. The first kappa shape index (κ1) is 18.9. The van der Waals surface area contributed by atoms with Crippen LogP contribution in [0, 0.1) is 15.5 Å². The molecule has 1 atom stereocenters. The number of hydrazine groups is 1.